The van der Waals surface area contributed by atoms with Gasteiger partial charge in [-0.15, -0.1) is 13.2 Å². The minimum absolute atomic E-state index is 0.960. The van der Waals surface area contributed by atoms with Gasteiger partial charge in [-0.25, -0.2) is 0 Å². The smallest absolute Gasteiger partial charge is 0.0508 e. The van der Waals surface area contributed by atoms with Crippen LogP contribution < -0.4 is 0 Å². The molecule has 0 aromatic rings. The first-order chi connectivity index (χ1) is 6.33. The quantitative estimate of drug-likeness (QED) is 0.433. The van der Waals surface area contributed by atoms with Crippen molar-refractivity contribution in [2.24, 2.45) is 0 Å². The van der Waals surface area contributed by atoms with Gasteiger partial charge in [0.15, 0.2) is 0 Å². The first kappa shape index (κ1) is 13.9. The van der Waals surface area contributed by atoms with E-state index in [0.717, 1.165) is 0 Å². The molecule has 82 valence electrons. The van der Waals surface area contributed by atoms with E-state index in [4.69, 9.17) is 0 Å². The second-order valence-electron chi connectivity index (χ2n) is 5.81. The Labute approximate surface area is 92.1 Å². The molecular formula is C12H26Si2. The molecule has 0 N–H and O–H groups in total. The van der Waals surface area contributed by atoms with Crippen LogP contribution in [0.5, 0.6) is 0 Å². The van der Waals surface area contributed by atoms with Gasteiger partial charge in [0.25, 0.3) is 0 Å². The Hall–Kier alpha value is -0.0862. The van der Waals surface area contributed by atoms with Crippen molar-refractivity contribution in [3.8, 4) is 0 Å². The Morgan fingerprint density at radius 3 is 1.29 bits per heavy atom. The lowest BCUT2D eigenvalue weighted by molar-refractivity contribution is 1.23. The molecule has 0 amide bonds. The molecule has 0 aliphatic rings. The third-order valence-electron chi connectivity index (χ3n) is 2.87. The zero-order chi connectivity index (χ0) is 11.2. The Kier molecular flexibility index (Phi) is 5.68. The van der Waals surface area contributed by atoms with Crippen molar-refractivity contribution >= 4 is 16.1 Å². The Bertz CT molecular complexity index is 170. The SMILES string of the molecule is C=CC[Si](C)(C)CC[Si](C)(C)CC=C. The van der Waals surface area contributed by atoms with Crippen LogP contribution in [-0.4, -0.2) is 16.1 Å². The van der Waals surface area contributed by atoms with Crippen molar-refractivity contribution in [2.45, 2.75) is 50.4 Å². The first-order valence-corrected chi connectivity index (χ1v) is 12.4. The second-order valence-corrected chi connectivity index (χ2v) is 16.3. The molecule has 0 rings (SSSR count). The van der Waals surface area contributed by atoms with Crippen LogP contribution in [0.15, 0.2) is 25.3 Å². The number of rotatable bonds is 7. The van der Waals surface area contributed by atoms with Gasteiger partial charge in [-0.1, -0.05) is 50.4 Å². The van der Waals surface area contributed by atoms with Crippen molar-refractivity contribution in [1.82, 2.24) is 0 Å². The Morgan fingerprint density at radius 2 is 1.07 bits per heavy atom. The van der Waals surface area contributed by atoms with Gasteiger partial charge >= 0.3 is 0 Å². The van der Waals surface area contributed by atoms with Crippen LogP contribution in [0, 0.1) is 0 Å². The fourth-order valence-electron chi connectivity index (χ4n) is 1.66. The molecule has 0 atom stereocenters. The fourth-order valence-corrected chi connectivity index (χ4v) is 9.05. The van der Waals surface area contributed by atoms with Gasteiger partial charge in [-0.2, -0.15) is 0 Å². The minimum Gasteiger partial charge on any atom is -0.103 e. The van der Waals surface area contributed by atoms with Crippen LogP contribution >= 0.6 is 0 Å². The predicted octanol–water partition coefficient (Wildman–Crippen LogP) is 4.78. The van der Waals surface area contributed by atoms with Crippen LogP contribution in [0.4, 0.5) is 0 Å². The Morgan fingerprint density at radius 1 is 0.786 bits per heavy atom. The number of hydrogen-bond acceptors (Lipinski definition) is 0. The van der Waals surface area contributed by atoms with E-state index in [2.05, 4.69) is 51.5 Å². The van der Waals surface area contributed by atoms with E-state index in [1.54, 1.807) is 0 Å². The summed E-state index contributed by atoms with van der Waals surface area (Å²) >= 11 is 0. The van der Waals surface area contributed by atoms with Crippen LogP contribution in [0.3, 0.4) is 0 Å². The average molecular weight is 227 g/mol. The average Bonchev–Trinajstić information content (AvgIpc) is 2.01. The molecule has 0 saturated heterocycles. The highest BCUT2D eigenvalue weighted by atomic mass is 28.3. The highest BCUT2D eigenvalue weighted by Gasteiger charge is 2.25. The summed E-state index contributed by atoms with van der Waals surface area (Å²) in [4.78, 5) is 0. The molecule has 14 heavy (non-hydrogen) atoms. The van der Waals surface area contributed by atoms with Gasteiger partial charge in [0.05, 0.1) is 16.1 Å². The van der Waals surface area contributed by atoms with Crippen molar-refractivity contribution in [2.75, 3.05) is 0 Å². The molecule has 0 heterocycles. The molecule has 0 saturated carbocycles. The van der Waals surface area contributed by atoms with Crippen molar-refractivity contribution < 1.29 is 0 Å². The van der Waals surface area contributed by atoms with E-state index in [-0.39, 0.29) is 0 Å². The summed E-state index contributed by atoms with van der Waals surface area (Å²) in [6.45, 7) is 17.6. The monoisotopic (exact) mass is 226 g/mol. The fraction of sp³-hybridized carbons (Fsp3) is 0.667. The summed E-state index contributed by atoms with van der Waals surface area (Å²) in [5.41, 5.74) is 0. The predicted molar refractivity (Wildman–Crippen MR) is 74.6 cm³/mol. The molecular weight excluding hydrogens is 200 g/mol. The van der Waals surface area contributed by atoms with Gasteiger partial charge in [0, 0.05) is 0 Å². The molecule has 0 nitrogen and oxygen atoms in total. The summed E-state index contributed by atoms with van der Waals surface area (Å²) in [6.07, 6.45) is 4.21. The standard InChI is InChI=1S/C12H26Si2/c1-7-9-13(3,4)11-12-14(5,6)10-8-2/h7-8H,1-2,9-12H2,3-6H3. The third kappa shape index (κ3) is 6.38. The molecule has 2 heteroatoms. The lowest BCUT2D eigenvalue weighted by Crippen LogP contribution is -2.31. The van der Waals surface area contributed by atoms with Gasteiger partial charge in [-0.05, 0) is 12.1 Å². The zero-order valence-corrected chi connectivity index (χ0v) is 12.4. The molecule has 0 bridgehead atoms. The maximum atomic E-state index is 3.86. The van der Waals surface area contributed by atoms with Crippen LogP contribution in [0.25, 0.3) is 0 Å². The summed E-state index contributed by atoms with van der Waals surface area (Å²) < 4.78 is 0. The van der Waals surface area contributed by atoms with Gasteiger partial charge in [0.1, 0.15) is 0 Å². The topological polar surface area (TPSA) is 0 Å². The van der Waals surface area contributed by atoms with E-state index in [0.29, 0.717) is 0 Å². The van der Waals surface area contributed by atoms with E-state index in [1.807, 2.05) is 0 Å². The molecule has 0 aliphatic carbocycles. The molecule has 0 fully saturated rings. The summed E-state index contributed by atoms with van der Waals surface area (Å²) in [7, 11) is -1.92. The summed E-state index contributed by atoms with van der Waals surface area (Å²) in [6, 6.07) is 5.47. The molecule has 0 unspecified atom stereocenters. The van der Waals surface area contributed by atoms with Gasteiger partial charge < -0.3 is 0 Å². The lowest BCUT2D eigenvalue weighted by atomic mass is 10.8. The maximum Gasteiger partial charge on any atom is 0.0508 e. The third-order valence-corrected chi connectivity index (χ3v) is 9.37. The largest absolute Gasteiger partial charge is 0.103 e. The minimum atomic E-state index is -0.960. The van der Waals surface area contributed by atoms with Gasteiger partial charge in [0.2, 0.25) is 0 Å². The summed E-state index contributed by atoms with van der Waals surface area (Å²) in [5, 5.41) is 0. The van der Waals surface area contributed by atoms with Crippen molar-refractivity contribution in [3.05, 3.63) is 25.3 Å². The molecule has 0 radical (unpaired) electrons. The highest BCUT2D eigenvalue weighted by molar-refractivity contribution is 6.83. The van der Waals surface area contributed by atoms with E-state index >= 15 is 0 Å². The maximum absolute atomic E-state index is 3.86. The summed E-state index contributed by atoms with van der Waals surface area (Å²) in [5.74, 6) is 0. The van der Waals surface area contributed by atoms with E-state index in [1.165, 1.54) is 24.2 Å². The van der Waals surface area contributed by atoms with Gasteiger partial charge in [-0.3, -0.25) is 0 Å². The van der Waals surface area contributed by atoms with Crippen molar-refractivity contribution in [1.29, 1.82) is 0 Å². The van der Waals surface area contributed by atoms with Crippen LogP contribution in [0.2, 0.25) is 50.4 Å². The second kappa shape index (κ2) is 5.71. The zero-order valence-electron chi connectivity index (χ0n) is 10.4. The van der Waals surface area contributed by atoms with E-state index in [9.17, 15) is 0 Å². The molecule has 0 aliphatic heterocycles. The molecule has 0 spiro atoms. The van der Waals surface area contributed by atoms with Crippen LogP contribution in [0.1, 0.15) is 0 Å². The van der Waals surface area contributed by atoms with E-state index < -0.39 is 16.1 Å². The lowest BCUT2D eigenvalue weighted by Gasteiger charge is -2.27. The highest BCUT2D eigenvalue weighted by Crippen LogP contribution is 2.25. The van der Waals surface area contributed by atoms with Crippen LogP contribution in [-0.2, 0) is 0 Å². The first-order valence-electron chi connectivity index (χ1n) is 5.55. The van der Waals surface area contributed by atoms with Crippen molar-refractivity contribution in [3.63, 3.8) is 0 Å². The molecule has 0 aromatic heterocycles. The number of allylic oxidation sites excluding steroid dienone is 2. The Balaban J connectivity index is 4.02. The normalized spacial score (nSPS) is 12.6. The molecule has 0 aromatic carbocycles. The number of hydrogen-bond donors (Lipinski definition) is 0.